The van der Waals surface area contributed by atoms with Crippen LogP contribution in [-0.4, -0.2) is 40.2 Å². The zero-order valence-corrected chi connectivity index (χ0v) is 9.42. The Bertz CT molecular complexity index is 257. The average molecular weight is 221 g/mol. The summed E-state index contributed by atoms with van der Waals surface area (Å²) >= 11 is 0. The molecule has 14 heavy (non-hydrogen) atoms. The van der Waals surface area contributed by atoms with Crippen LogP contribution in [0.4, 0.5) is 0 Å². The average Bonchev–Trinajstić information content (AvgIpc) is 2.14. The van der Waals surface area contributed by atoms with E-state index >= 15 is 0 Å². The van der Waals surface area contributed by atoms with Crippen molar-refractivity contribution in [2.45, 2.75) is 12.8 Å². The van der Waals surface area contributed by atoms with E-state index in [-0.39, 0.29) is 11.7 Å². The normalized spacial score (nSPS) is 22.1. The van der Waals surface area contributed by atoms with Crippen LogP contribution in [0.5, 0.6) is 0 Å². The predicted molar refractivity (Wildman–Crippen MR) is 55.8 cm³/mol. The highest BCUT2D eigenvalue weighted by atomic mass is 32.2. The molecule has 1 unspecified atom stereocenters. The van der Waals surface area contributed by atoms with Crippen molar-refractivity contribution in [3.63, 3.8) is 0 Å². The summed E-state index contributed by atoms with van der Waals surface area (Å²) in [5.74, 6) is 0.742. The van der Waals surface area contributed by atoms with Crippen LogP contribution >= 0.6 is 0 Å². The fraction of sp³-hybridized carbons (Fsp3) is 1.00. The van der Waals surface area contributed by atoms with E-state index < -0.39 is 9.84 Å². The lowest BCUT2D eigenvalue weighted by atomic mass is 9.87. The van der Waals surface area contributed by atoms with E-state index in [1.54, 1.807) is 0 Å². The van der Waals surface area contributed by atoms with Gasteiger partial charge in [0.1, 0.15) is 9.84 Å². The first-order valence-electron chi connectivity index (χ1n) is 4.98. The topological polar surface area (TPSA) is 69.4 Å². The number of sulfone groups is 1. The Morgan fingerprint density at radius 1 is 1.43 bits per heavy atom. The standard InChI is InChI=1S/C9H19NO3S/c1-14(11,12)7-9(6-10)8-2-4-13-5-3-8/h8-9H,2-7,10H2,1H3. The second-order valence-electron chi connectivity index (χ2n) is 4.04. The van der Waals surface area contributed by atoms with E-state index in [9.17, 15) is 8.42 Å². The van der Waals surface area contributed by atoms with Gasteiger partial charge >= 0.3 is 0 Å². The summed E-state index contributed by atoms with van der Waals surface area (Å²) in [6.45, 7) is 1.94. The van der Waals surface area contributed by atoms with E-state index in [1.807, 2.05) is 0 Å². The number of ether oxygens (including phenoxy) is 1. The summed E-state index contributed by atoms with van der Waals surface area (Å²) < 4.78 is 27.5. The van der Waals surface area contributed by atoms with Crippen LogP contribution in [0.1, 0.15) is 12.8 Å². The second kappa shape index (κ2) is 5.09. The lowest BCUT2D eigenvalue weighted by molar-refractivity contribution is 0.0513. The third kappa shape index (κ3) is 3.94. The molecule has 2 N–H and O–H groups in total. The molecule has 0 aliphatic carbocycles. The van der Waals surface area contributed by atoms with Crippen molar-refractivity contribution in [3.8, 4) is 0 Å². The fourth-order valence-corrected chi connectivity index (χ4v) is 3.16. The summed E-state index contributed by atoms with van der Waals surface area (Å²) in [5, 5.41) is 0. The zero-order chi connectivity index (χ0) is 10.6. The van der Waals surface area contributed by atoms with Gasteiger partial charge in [-0.2, -0.15) is 0 Å². The van der Waals surface area contributed by atoms with E-state index in [0.29, 0.717) is 12.5 Å². The van der Waals surface area contributed by atoms with Crippen molar-refractivity contribution in [1.29, 1.82) is 0 Å². The molecule has 0 amide bonds. The van der Waals surface area contributed by atoms with Crippen molar-refractivity contribution in [1.82, 2.24) is 0 Å². The van der Waals surface area contributed by atoms with Crippen molar-refractivity contribution >= 4 is 9.84 Å². The summed E-state index contributed by atoms with van der Waals surface area (Å²) in [4.78, 5) is 0. The summed E-state index contributed by atoms with van der Waals surface area (Å²) in [7, 11) is -2.91. The molecule has 4 nitrogen and oxygen atoms in total. The molecule has 0 spiro atoms. The number of rotatable bonds is 4. The lowest BCUT2D eigenvalue weighted by Crippen LogP contribution is -2.33. The molecule has 84 valence electrons. The molecule has 5 heteroatoms. The van der Waals surface area contributed by atoms with Crippen molar-refractivity contribution in [3.05, 3.63) is 0 Å². The van der Waals surface area contributed by atoms with Crippen molar-refractivity contribution in [2.24, 2.45) is 17.6 Å². The molecule has 1 atom stereocenters. The fourth-order valence-electron chi connectivity index (χ4n) is 1.97. The Kier molecular flexibility index (Phi) is 4.34. The summed E-state index contributed by atoms with van der Waals surface area (Å²) in [6, 6.07) is 0. The monoisotopic (exact) mass is 221 g/mol. The molecular formula is C9H19NO3S. The Morgan fingerprint density at radius 3 is 2.43 bits per heavy atom. The number of hydrogen-bond donors (Lipinski definition) is 1. The van der Waals surface area contributed by atoms with E-state index in [4.69, 9.17) is 10.5 Å². The van der Waals surface area contributed by atoms with Gasteiger partial charge < -0.3 is 10.5 Å². The van der Waals surface area contributed by atoms with Crippen LogP contribution in [0.3, 0.4) is 0 Å². The molecule has 0 saturated carbocycles. The van der Waals surface area contributed by atoms with Gasteiger partial charge in [0.15, 0.2) is 0 Å². The van der Waals surface area contributed by atoms with Gasteiger partial charge in [-0.3, -0.25) is 0 Å². The molecule has 1 saturated heterocycles. The molecule has 1 aliphatic heterocycles. The molecule has 0 bridgehead atoms. The number of hydrogen-bond acceptors (Lipinski definition) is 4. The molecule has 1 fully saturated rings. The van der Waals surface area contributed by atoms with Crippen LogP contribution in [0.15, 0.2) is 0 Å². The molecular weight excluding hydrogens is 202 g/mol. The second-order valence-corrected chi connectivity index (χ2v) is 6.22. The predicted octanol–water partition coefficient (Wildman–Crippen LogP) is 0.0325. The van der Waals surface area contributed by atoms with Gasteiger partial charge in [-0.25, -0.2) is 8.42 Å². The summed E-state index contributed by atoms with van der Waals surface area (Å²) in [6.07, 6.45) is 3.16. The van der Waals surface area contributed by atoms with Crippen LogP contribution in [0, 0.1) is 11.8 Å². The molecule has 1 rings (SSSR count). The van der Waals surface area contributed by atoms with Crippen LogP contribution in [0.2, 0.25) is 0 Å². The highest BCUT2D eigenvalue weighted by Crippen LogP contribution is 2.24. The Morgan fingerprint density at radius 2 is 2.00 bits per heavy atom. The molecule has 1 aliphatic rings. The third-order valence-electron chi connectivity index (χ3n) is 2.75. The van der Waals surface area contributed by atoms with Gasteiger partial charge in [-0.15, -0.1) is 0 Å². The first kappa shape index (κ1) is 11.9. The molecule has 0 aromatic rings. The van der Waals surface area contributed by atoms with Gasteiger partial charge in [0, 0.05) is 19.5 Å². The first-order valence-corrected chi connectivity index (χ1v) is 7.04. The van der Waals surface area contributed by atoms with Gasteiger partial charge in [-0.1, -0.05) is 0 Å². The van der Waals surface area contributed by atoms with Crippen molar-refractivity contribution in [2.75, 3.05) is 31.8 Å². The van der Waals surface area contributed by atoms with Crippen LogP contribution < -0.4 is 5.73 Å². The highest BCUT2D eigenvalue weighted by Gasteiger charge is 2.25. The SMILES string of the molecule is CS(=O)(=O)CC(CN)C1CCOCC1. The highest BCUT2D eigenvalue weighted by molar-refractivity contribution is 7.90. The molecule has 0 radical (unpaired) electrons. The van der Waals surface area contributed by atoms with Gasteiger partial charge in [0.05, 0.1) is 5.75 Å². The molecule has 0 aromatic heterocycles. The minimum absolute atomic E-state index is 0.105. The minimum Gasteiger partial charge on any atom is -0.381 e. The zero-order valence-electron chi connectivity index (χ0n) is 8.61. The Hall–Kier alpha value is -0.130. The minimum atomic E-state index is -2.91. The quantitative estimate of drug-likeness (QED) is 0.727. The largest absolute Gasteiger partial charge is 0.381 e. The van der Waals surface area contributed by atoms with Crippen LogP contribution in [-0.2, 0) is 14.6 Å². The Labute approximate surface area is 85.7 Å². The van der Waals surface area contributed by atoms with E-state index in [2.05, 4.69) is 0 Å². The maximum Gasteiger partial charge on any atom is 0.147 e. The maximum absolute atomic E-state index is 11.2. The molecule has 1 heterocycles. The van der Waals surface area contributed by atoms with E-state index in [0.717, 1.165) is 26.1 Å². The van der Waals surface area contributed by atoms with Gasteiger partial charge in [0.2, 0.25) is 0 Å². The smallest absolute Gasteiger partial charge is 0.147 e. The maximum atomic E-state index is 11.2. The molecule has 0 aromatic carbocycles. The van der Waals surface area contributed by atoms with Gasteiger partial charge in [-0.05, 0) is 31.2 Å². The van der Waals surface area contributed by atoms with Crippen molar-refractivity contribution < 1.29 is 13.2 Å². The van der Waals surface area contributed by atoms with Gasteiger partial charge in [0.25, 0.3) is 0 Å². The Balaban J connectivity index is 2.52. The number of nitrogens with two attached hydrogens (primary N) is 1. The summed E-state index contributed by atoms with van der Waals surface area (Å²) in [5.41, 5.74) is 5.61. The van der Waals surface area contributed by atoms with E-state index in [1.165, 1.54) is 6.26 Å². The first-order chi connectivity index (χ1) is 6.53. The lowest BCUT2D eigenvalue weighted by Gasteiger charge is -2.28. The third-order valence-corrected chi connectivity index (χ3v) is 3.79. The van der Waals surface area contributed by atoms with Crippen LogP contribution in [0.25, 0.3) is 0 Å².